The Bertz CT molecular complexity index is 1340. The quantitative estimate of drug-likeness (QED) is 0.511. The maximum Gasteiger partial charge on any atom is 0.332 e. The zero-order valence-corrected chi connectivity index (χ0v) is 15.9. The van der Waals surface area contributed by atoms with Gasteiger partial charge in [-0.15, -0.1) is 0 Å². The van der Waals surface area contributed by atoms with Crippen molar-refractivity contribution in [3.63, 3.8) is 0 Å². The van der Waals surface area contributed by atoms with Crippen molar-refractivity contribution in [1.29, 1.82) is 0 Å². The number of hydrogen-bond acceptors (Lipinski definition) is 3. The van der Waals surface area contributed by atoms with Gasteiger partial charge in [0.15, 0.2) is 11.2 Å². The molecule has 0 N–H and O–H groups in total. The highest BCUT2D eigenvalue weighted by atomic mass is 35.5. The molecular formula is C19H18ClN5O2. The minimum absolute atomic E-state index is 0.218. The van der Waals surface area contributed by atoms with Crippen LogP contribution in [0.5, 0.6) is 0 Å². The van der Waals surface area contributed by atoms with Gasteiger partial charge in [0.2, 0.25) is 5.78 Å². The number of hydrogen-bond donors (Lipinski definition) is 0. The third-order valence-electron chi connectivity index (χ3n) is 4.64. The highest BCUT2D eigenvalue weighted by Crippen LogP contribution is 2.25. The Labute approximate surface area is 159 Å². The lowest BCUT2D eigenvalue weighted by atomic mass is 10.3. The molecule has 0 spiro atoms. The Hall–Kier alpha value is -3.06. The van der Waals surface area contributed by atoms with Gasteiger partial charge in [-0.1, -0.05) is 35.9 Å². The molecule has 138 valence electrons. The van der Waals surface area contributed by atoms with Crippen LogP contribution >= 0.6 is 11.6 Å². The molecule has 0 fully saturated rings. The van der Waals surface area contributed by atoms with E-state index in [-0.39, 0.29) is 12.1 Å². The van der Waals surface area contributed by atoms with E-state index >= 15 is 0 Å². The van der Waals surface area contributed by atoms with Gasteiger partial charge >= 0.3 is 5.69 Å². The number of halogens is 1. The molecule has 3 heterocycles. The lowest BCUT2D eigenvalue weighted by molar-refractivity contribution is 0.666. The van der Waals surface area contributed by atoms with Crippen LogP contribution in [0, 0.1) is 6.92 Å². The molecule has 0 aliphatic rings. The summed E-state index contributed by atoms with van der Waals surface area (Å²) < 4.78 is 6.21. The first-order valence-corrected chi connectivity index (χ1v) is 8.89. The number of rotatable bonds is 3. The number of nitrogens with zero attached hydrogens (tertiary/aromatic N) is 5. The van der Waals surface area contributed by atoms with Crippen molar-refractivity contribution in [2.75, 3.05) is 0 Å². The van der Waals surface area contributed by atoms with Crippen LogP contribution in [-0.4, -0.2) is 23.1 Å². The zero-order chi connectivity index (χ0) is 19.3. The monoisotopic (exact) mass is 383 g/mol. The van der Waals surface area contributed by atoms with Gasteiger partial charge in [-0.2, -0.15) is 4.98 Å². The zero-order valence-electron chi connectivity index (χ0n) is 15.2. The van der Waals surface area contributed by atoms with Crippen molar-refractivity contribution in [2.24, 2.45) is 7.05 Å². The molecule has 1 aromatic carbocycles. The highest BCUT2D eigenvalue weighted by molar-refractivity contribution is 6.32. The van der Waals surface area contributed by atoms with Gasteiger partial charge < -0.3 is 0 Å². The lowest BCUT2D eigenvalue weighted by Crippen LogP contribution is -2.39. The van der Waals surface area contributed by atoms with E-state index in [1.165, 1.54) is 9.13 Å². The second-order valence-electron chi connectivity index (χ2n) is 6.34. The largest absolute Gasteiger partial charge is 0.332 e. The molecular weight excluding hydrogens is 366 g/mol. The molecule has 0 aliphatic heterocycles. The fourth-order valence-corrected chi connectivity index (χ4v) is 3.53. The Morgan fingerprint density at radius 3 is 2.67 bits per heavy atom. The number of allylic oxidation sites excluding steroid dienone is 2. The molecule has 0 saturated heterocycles. The molecule has 0 atom stereocenters. The second-order valence-corrected chi connectivity index (χ2v) is 6.74. The van der Waals surface area contributed by atoms with E-state index in [0.717, 1.165) is 11.4 Å². The second kappa shape index (κ2) is 6.28. The van der Waals surface area contributed by atoms with Gasteiger partial charge in [0.25, 0.3) is 5.56 Å². The highest BCUT2D eigenvalue weighted by Gasteiger charge is 2.21. The molecule has 4 rings (SSSR count). The van der Waals surface area contributed by atoms with Crippen molar-refractivity contribution in [3.05, 3.63) is 74.2 Å². The Kier molecular flexibility index (Phi) is 4.04. The summed E-state index contributed by atoms with van der Waals surface area (Å²) in [7, 11) is 1.62. The van der Waals surface area contributed by atoms with Gasteiger partial charge in [0.05, 0.1) is 10.7 Å². The van der Waals surface area contributed by atoms with E-state index in [0.29, 0.717) is 22.0 Å². The van der Waals surface area contributed by atoms with Crippen LogP contribution in [0.2, 0.25) is 5.02 Å². The van der Waals surface area contributed by atoms with Gasteiger partial charge in [-0.25, -0.2) is 4.79 Å². The number of imidazole rings is 2. The Balaban J connectivity index is 2.14. The molecule has 0 bridgehead atoms. The number of aromatic nitrogens is 5. The summed E-state index contributed by atoms with van der Waals surface area (Å²) in [5.41, 5.74) is 1.59. The molecule has 0 amide bonds. The van der Waals surface area contributed by atoms with Crippen molar-refractivity contribution < 1.29 is 0 Å². The third-order valence-corrected chi connectivity index (χ3v) is 4.96. The van der Waals surface area contributed by atoms with Crippen molar-refractivity contribution >= 4 is 28.5 Å². The number of fused-ring (bicyclic) bond motifs is 3. The average molecular weight is 384 g/mol. The summed E-state index contributed by atoms with van der Waals surface area (Å²) in [5, 5.41) is 0.574. The summed E-state index contributed by atoms with van der Waals surface area (Å²) in [6.07, 6.45) is 5.41. The van der Waals surface area contributed by atoms with Gasteiger partial charge in [-0.3, -0.25) is 22.9 Å². The maximum absolute atomic E-state index is 13.0. The lowest BCUT2D eigenvalue weighted by Gasteiger charge is -2.07. The first-order valence-electron chi connectivity index (χ1n) is 8.51. The average Bonchev–Trinajstić information content (AvgIpc) is 3.15. The summed E-state index contributed by atoms with van der Waals surface area (Å²) in [5.74, 6) is 0.534. The Morgan fingerprint density at radius 1 is 1.22 bits per heavy atom. The first-order chi connectivity index (χ1) is 13.0. The number of benzene rings is 1. The molecule has 4 aromatic rings. The molecule has 3 aromatic heterocycles. The minimum Gasteiger partial charge on any atom is -0.281 e. The van der Waals surface area contributed by atoms with Crippen LogP contribution in [0.1, 0.15) is 12.6 Å². The predicted molar refractivity (Wildman–Crippen MR) is 106 cm³/mol. The molecule has 0 aliphatic carbocycles. The van der Waals surface area contributed by atoms with E-state index in [1.54, 1.807) is 29.7 Å². The molecule has 27 heavy (non-hydrogen) atoms. The van der Waals surface area contributed by atoms with Crippen molar-refractivity contribution in [1.82, 2.24) is 23.1 Å². The summed E-state index contributed by atoms with van der Waals surface area (Å²) >= 11 is 6.37. The number of aryl methyl sites for hydroxylation is 2. The van der Waals surface area contributed by atoms with Crippen LogP contribution in [0.25, 0.3) is 22.6 Å². The molecule has 0 saturated carbocycles. The number of para-hydroxylation sites is 1. The first kappa shape index (κ1) is 17.4. The van der Waals surface area contributed by atoms with Gasteiger partial charge in [0.1, 0.15) is 0 Å². The van der Waals surface area contributed by atoms with Crippen LogP contribution < -0.4 is 11.2 Å². The Morgan fingerprint density at radius 2 is 1.96 bits per heavy atom. The predicted octanol–water partition coefficient (Wildman–Crippen LogP) is 2.68. The topological polar surface area (TPSA) is 66.2 Å². The fourth-order valence-electron chi connectivity index (χ4n) is 3.31. The molecule has 0 radical (unpaired) electrons. The smallest absolute Gasteiger partial charge is 0.281 e. The SMILES string of the molecule is C/C=C/Cn1c(=O)c2c(nc3n(-c4ccccc4Cl)c(C)cn23)n(C)c1=O. The van der Waals surface area contributed by atoms with E-state index in [4.69, 9.17) is 11.6 Å². The molecule has 8 heteroatoms. The van der Waals surface area contributed by atoms with E-state index in [9.17, 15) is 9.59 Å². The van der Waals surface area contributed by atoms with Gasteiger partial charge in [-0.05, 0) is 26.0 Å². The van der Waals surface area contributed by atoms with E-state index in [2.05, 4.69) is 4.98 Å². The van der Waals surface area contributed by atoms with Crippen LogP contribution in [0.3, 0.4) is 0 Å². The maximum atomic E-state index is 13.0. The molecule has 7 nitrogen and oxygen atoms in total. The third kappa shape index (κ3) is 2.46. The van der Waals surface area contributed by atoms with Crippen molar-refractivity contribution in [2.45, 2.75) is 20.4 Å². The van der Waals surface area contributed by atoms with E-state index < -0.39 is 5.69 Å². The minimum atomic E-state index is -0.396. The normalized spacial score (nSPS) is 12.0. The summed E-state index contributed by atoms with van der Waals surface area (Å²) in [6.45, 7) is 3.98. The summed E-state index contributed by atoms with van der Waals surface area (Å²) in [6, 6.07) is 7.43. The van der Waals surface area contributed by atoms with E-state index in [1.807, 2.05) is 42.8 Å². The van der Waals surface area contributed by atoms with Crippen LogP contribution in [-0.2, 0) is 13.6 Å². The summed E-state index contributed by atoms with van der Waals surface area (Å²) in [4.78, 5) is 30.2. The molecule has 0 unspecified atom stereocenters. The van der Waals surface area contributed by atoms with Crippen LogP contribution in [0.15, 0.2) is 52.2 Å². The fraction of sp³-hybridized carbons (Fsp3) is 0.211. The van der Waals surface area contributed by atoms with Crippen LogP contribution in [0.4, 0.5) is 0 Å². The van der Waals surface area contributed by atoms with Gasteiger partial charge in [0, 0.05) is 25.5 Å². The van der Waals surface area contributed by atoms with Crippen molar-refractivity contribution in [3.8, 4) is 5.69 Å². The standard InChI is InChI=1S/C19H18ClN5O2/c1-4-5-10-23-17(26)15-16(22(3)19(23)27)21-18-24(15)11-12(2)25(18)14-9-7-6-8-13(14)20/h4-9,11H,10H2,1-3H3/b5-4+.